The van der Waals surface area contributed by atoms with Crippen LogP contribution in [0.15, 0.2) is 0 Å². The number of carboxylic acids is 1. The first kappa shape index (κ1) is 13.1. The van der Waals surface area contributed by atoms with E-state index < -0.39 is 17.3 Å². The number of nitrogens with zero attached hydrogens (tertiary/aromatic N) is 1. The Morgan fingerprint density at radius 1 is 1.39 bits per heavy atom. The number of hydrogen-bond acceptors (Lipinski definition) is 3. The van der Waals surface area contributed by atoms with Crippen molar-refractivity contribution in [2.45, 2.75) is 45.4 Å². The van der Waals surface area contributed by atoms with Crippen LogP contribution in [-0.4, -0.2) is 34.3 Å². The number of carbonyl (C=O) groups excluding carboxylic acids is 2. The molecule has 5 nitrogen and oxygen atoms in total. The van der Waals surface area contributed by atoms with Crippen molar-refractivity contribution in [3.8, 4) is 0 Å². The minimum absolute atomic E-state index is 0.0330. The molecule has 0 aromatic rings. The minimum Gasteiger partial charge on any atom is -0.481 e. The molecule has 2 rings (SSSR count). The number of likely N-dealkylation sites (tertiary alicyclic amines) is 1. The second-order valence-corrected chi connectivity index (χ2v) is 5.42. The van der Waals surface area contributed by atoms with E-state index in [1.807, 2.05) is 0 Å². The van der Waals surface area contributed by atoms with E-state index in [1.54, 1.807) is 6.92 Å². The van der Waals surface area contributed by atoms with Gasteiger partial charge in [-0.15, -0.1) is 0 Å². The van der Waals surface area contributed by atoms with Crippen LogP contribution in [0.25, 0.3) is 0 Å². The molecule has 1 N–H and O–H groups in total. The first-order valence-corrected chi connectivity index (χ1v) is 6.58. The summed E-state index contributed by atoms with van der Waals surface area (Å²) in [6, 6.07) is 0. The van der Waals surface area contributed by atoms with Gasteiger partial charge in [0.1, 0.15) is 0 Å². The van der Waals surface area contributed by atoms with Gasteiger partial charge in [-0.2, -0.15) is 0 Å². The van der Waals surface area contributed by atoms with Crippen molar-refractivity contribution in [3.63, 3.8) is 0 Å². The molecule has 100 valence electrons. The van der Waals surface area contributed by atoms with Crippen molar-refractivity contribution in [2.75, 3.05) is 6.54 Å². The summed E-state index contributed by atoms with van der Waals surface area (Å²) in [5.41, 5.74) is -0.492. The fourth-order valence-corrected chi connectivity index (χ4v) is 3.09. The van der Waals surface area contributed by atoms with E-state index in [2.05, 4.69) is 0 Å². The summed E-state index contributed by atoms with van der Waals surface area (Å²) in [5.74, 6) is -1.91. The van der Waals surface area contributed by atoms with Crippen LogP contribution in [0.5, 0.6) is 0 Å². The molecule has 5 heteroatoms. The van der Waals surface area contributed by atoms with E-state index in [0.29, 0.717) is 6.42 Å². The van der Waals surface area contributed by atoms with E-state index >= 15 is 0 Å². The lowest BCUT2D eigenvalue weighted by atomic mass is 9.84. The largest absolute Gasteiger partial charge is 0.481 e. The van der Waals surface area contributed by atoms with Crippen molar-refractivity contribution in [3.05, 3.63) is 0 Å². The lowest BCUT2D eigenvalue weighted by molar-refractivity contribution is -0.146. The zero-order valence-electron chi connectivity index (χ0n) is 10.6. The summed E-state index contributed by atoms with van der Waals surface area (Å²) in [6.07, 6.45) is 4.24. The molecule has 1 heterocycles. The standard InChI is InChI=1S/C13H19NO4/c1-2-9(11(16)17)8-14-10(15)7-13(12(14)18)5-3-4-6-13/h9H,2-8H2,1H3,(H,16,17). The highest BCUT2D eigenvalue weighted by molar-refractivity contribution is 6.06. The third-order valence-corrected chi connectivity index (χ3v) is 4.30. The number of rotatable bonds is 4. The zero-order valence-corrected chi connectivity index (χ0v) is 10.6. The minimum atomic E-state index is -0.939. The highest BCUT2D eigenvalue weighted by atomic mass is 16.4. The van der Waals surface area contributed by atoms with Gasteiger partial charge in [-0.05, 0) is 19.3 Å². The Kier molecular flexibility index (Phi) is 3.41. The summed E-state index contributed by atoms with van der Waals surface area (Å²) in [4.78, 5) is 36.4. The van der Waals surface area contributed by atoms with E-state index in [9.17, 15) is 14.4 Å². The van der Waals surface area contributed by atoms with Crippen molar-refractivity contribution in [1.82, 2.24) is 4.90 Å². The molecule has 2 aliphatic rings. The molecule has 1 aliphatic carbocycles. The van der Waals surface area contributed by atoms with Crippen LogP contribution >= 0.6 is 0 Å². The normalized spacial score (nSPS) is 23.9. The van der Waals surface area contributed by atoms with Crippen LogP contribution in [0.2, 0.25) is 0 Å². The predicted molar refractivity (Wildman–Crippen MR) is 63.7 cm³/mol. The Morgan fingerprint density at radius 2 is 2.00 bits per heavy atom. The molecule has 0 aromatic carbocycles. The van der Waals surface area contributed by atoms with Crippen LogP contribution < -0.4 is 0 Å². The van der Waals surface area contributed by atoms with Crippen molar-refractivity contribution in [2.24, 2.45) is 11.3 Å². The molecule has 1 saturated heterocycles. The van der Waals surface area contributed by atoms with Crippen molar-refractivity contribution in [1.29, 1.82) is 0 Å². The Bertz CT molecular complexity index is 384. The lowest BCUT2D eigenvalue weighted by Crippen LogP contribution is -2.39. The fraction of sp³-hybridized carbons (Fsp3) is 0.769. The van der Waals surface area contributed by atoms with Gasteiger partial charge in [-0.25, -0.2) is 0 Å². The van der Waals surface area contributed by atoms with Gasteiger partial charge < -0.3 is 5.11 Å². The number of amides is 2. The van der Waals surface area contributed by atoms with Crippen LogP contribution in [0.1, 0.15) is 45.4 Å². The molecule has 1 unspecified atom stereocenters. The molecule has 1 saturated carbocycles. The van der Waals surface area contributed by atoms with Gasteiger partial charge in [0.2, 0.25) is 11.8 Å². The Balaban J connectivity index is 2.12. The first-order chi connectivity index (χ1) is 8.50. The summed E-state index contributed by atoms with van der Waals surface area (Å²) in [7, 11) is 0. The summed E-state index contributed by atoms with van der Waals surface area (Å²) >= 11 is 0. The highest BCUT2D eigenvalue weighted by Gasteiger charge is 2.52. The molecule has 1 spiro atoms. The number of carboxylic acid groups (broad SMARTS) is 1. The molecule has 0 radical (unpaired) electrons. The van der Waals surface area contributed by atoms with Gasteiger partial charge in [0.25, 0.3) is 0 Å². The van der Waals surface area contributed by atoms with E-state index in [0.717, 1.165) is 25.7 Å². The maximum atomic E-state index is 12.3. The maximum Gasteiger partial charge on any atom is 0.308 e. The number of hydrogen-bond donors (Lipinski definition) is 1. The predicted octanol–water partition coefficient (Wildman–Crippen LogP) is 1.42. The van der Waals surface area contributed by atoms with Gasteiger partial charge in [-0.3, -0.25) is 19.3 Å². The molecule has 0 bridgehead atoms. The third-order valence-electron chi connectivity index (χ3n) is 4.30. The maximum absolute atomic E-state index is 12.3. The summed E-state index contributed by atoms with van der Waals surface area (Å²) in [5, 5.41) is 9.01. The van der Waals surface area contributed by atoms with Crippen LogP contribution in [0.3, 0.4) is 0 Å². The molecule has 1 aliphatic heterocycles. The van der Waals surface area contributed by atoms with Gasteiger partial charge in [-0.1, -0.05) is 19.8 Å². The molecule has 1 atom stereocenters. The van der Waals surface area contributed by atoms with Crippen LogP contribution in [0, 0.1) is 11.3 Å². The average Bonchev–Trinajstić information content (AvgIpc) is 2.86. The van der Waals surface area contributed by atoms with Gasteiger partial charge in [0, 0.05) is 13.0 Å². The number of aliphatic carboxylic acids is 1. The second kappa shape index (κ2) is 4.71. The Labute approximate surface area is 106 Å². The Morgan fingerprint density at radius 3 is 2.50 bits per heavy atom. The average molecular weight is 253 g/mol. The van der Waals surface area contributed by atoms with Crippen molar-refractivity contribution >= 4 is 17.8 Å². The Hall–Kier alpha value is -1.39. The smallest absolute Gasteiger partial charge is 0.308 e. The number of imide groups is 1. The second-order valence-electron chi connectivity index (χ2n) is 5.42. The van der Waals surface area contributed by atoms with E-state index in [4.69, 9.17) is 5.11 Å². The molecule has 0 aromatic heterocycles. The monoisotopic (exact) mass is 253 g/mol. The fourth-order valence-electron chi connectivity index (χ4n) is 3.09. The van der Waals surface area contributed by atoms with E-state index in [1.165, 1.54) is 4.90 Å². The summed E-state index contributed by atoms with van der Waals surface area (Å²) < 4.78 is 0. The third kappa shape index (κ3) is 2.02. The topological polar surface area (TPSA) is 74.7 Å². The molecule has 18 heavy (non-hydrogen) atoms. The molecular formula is C13H19NO4. The lowest BCUT2D eigenvalue weighted by Gasteiger charge is -2.22. The van der Waals surface area contributed by atoms with Gasteiger partial charge in [0.05, 0.1) is 11.3 Å². The molecule has 2 fully saturated rings. The van der Waals surface area contributed by atoms with Gasteiger partial charge in [0.15, 0.2) is 0 Å². The highest BCUT2D eigenvalue weighted by Crippen LogP contribution is 2.46. The molecule has 2 amide bonds. The quantitative estimate of drug-likeness (QED) is 0.769. The van der Waals surface area contributed by atoms with Crippen LogP contribution in [-0.2, 0) is 14.4 Å². The zero-order chi connectivity index (χ0) is 13.3. The van der Waals surface area contributed by atoms with Gasteiger partial charge >= 0.3 is 5.97 Å². The first-order valence-electron chi connectivity index (χ1n) is 6.58. The van der Waals surface area contributed by atoms with E-state index in [-0.39, 0.29) is 24.8 Å². The van der Waals surface area contributed by atoms with Crippen LogP contribution in [0.4, 0.5) is 0 Å². The van der Waals surface area contributed by atoms with Crippen molar-refractivity contribution < 1.29 is 19.5 Å². The molecular weight excluding hydrogens is 234 g/mol. The summed E-state index contributed by atoms with van der Waals surface area (Å²) in [6.45, 7) is 1.79. The number of carbonyl (C=O) groups is 3. The SMILES string of the molecule is CCC(CN1C(=O)CC2(CCCC2)C1=O)C(=O)O.